The van der Waals surface area contributed by atoms with Crippen molar-refractivity contribution >= 4 is 5.95 Å². The van der Waals surface area contributed by atoms with Crippen LogP contribution in [0.1, 0.15) is 25.2 Å². The summed E-state index contributed by atoms with van der Waals surface area (Å²) >= 11 is 0. The summed E-state index contributed by atoms with van der Waals surface area (Å²) in [5, 5.41) is 6.46. The van der Waals surface area contributed by atoms with Gasteiger partial charge in [0.2, 0.25) is 5.95 Å². The molecule has 0 saturated carbocycles. The quantitative estimate of drug-likeness (QED) is 0.787. The summed E-state index contributed by atoms with van der Waals surface area (Å²) in [6.07, 6.45) is 0. The Labute approximate surface area is 91.5 Å². The molecule has 0 unspecified atom stereocenters. The molecule has 0 spiro atoms. The number of likely N-dealkylation sites (N-methyl/N-ethyl adjacent to an activating group) is 1. The first-order valence-electron chi connectivity index (χ1n) is 5.18. The molecule has 4 heteroatoms. The van der Waals surface area contributed by atoms with Gasteiger partial charge in [-0.05, 0) is 40.8 Å². The number of rotatable bonds is 4. The fourth-order valence-corrected chi connectivity index (χ4v) is 1.57. The largest absolute Gasteiger partial charge is 0.348 e. The Morgan fingerprint density at radius 1 is 1.20 bits per heavy atom. The van der Waals surface area contributed by atoms with Crippen LogP contribution in [0.15, 0.2) is 6.07 Å². The molecule has 0 saturated heterocycles. The Morgan fingerprint density at radius 3 is 2.20 bits per heavy atom. The van der Waals surface area contributed by atoms with Crippen molar-refractivity contribution in [2.24, 2.45) is 0 Å². The van der Waals surface area contributed by atoms with E-state index in [1.54, 1.807) is 0 Å². The second kappa shape index (κ2) is 4.57. The number of anilines is 1. The molecule has 1 aromatic rings. The molecule has 84 valence electrons. The van der Waals surface area contributed by atoms with Crippen molar-refractivity contribution in [3.63, 3.8) is 0 Å². The minimum absolute atomic E-state index is 0.0466. The molecule has 0 fully saturated rings. The van der Waals surface area contributed by atoms with E-state index in [1.165, 1.54) is 0 Å². The van der Waals surface area contributed by atoms with E-state index in [4.69, 9.17) is 0 Å². The molecule has 1 heterocycles. The smallest absolute Gasteiger partial charge is 0.223 e. The van der Waals surface area contributed by atoms with Crippen molar-refractivity contribution in [1.29, 1.82) is 0 Å². The summed E-state index contributed by atoms with van der Waals surface area (Å²) in [7, 11) is 1.94. The van der Waals surface area contributed by atoms with Gasteiger partial charge in [0, 0.05) is 23.5 Å². The van der Waals surface area contributed by atoms with Gasteiger partial charge in [-0.15, -0.1) is 0 Å². The molecule has 0 aliphatic heterocycles. The van der Waals surface area contributed by atoms with Gasteiger partial charge >= 0.3 is 0 Å². The van der Waals surface area contributed by atoms with E-state index in [0.717, 1.165) is 17.9 Å². The first-order valence-corrected chi connectivity index (χ1v) is 5.18. The highest BCUT2D eigenvalue weighted by Gasteiger charge is 2.17. The Kier molecular flexibility index (Phi) is 3.63. The van der Waals surface area contributed by atoms with Gasteiger partial charge in [-0.3, -0.25) is 0 Å². The van der Waals surface area contributed by atoms with Crippen molar-refractivity contribution in [3.05, 3.63) is 17.5 Å². The van der Waals surface area contributed by atoms with Gasteiger partial charge in [0.15, 0.2) is 0 Å². The maximum Gasteiger partial charge on any atom is 0.223 e. The molecule has 2 N–H and O–H groups in total. The van der Waals surface area contributed by atoms with E-state index in [2.05, 4.69) is 34.4 Å². The topological polar surface area (TPSA) is 49.8 Å². The number of nitrogens with one attached hydrogen (secondary N) is 2. The van der Waals surface area contributed by atoms with Crippen molar-refractivity contribution < 1.29 is 0 Å². The molecule has 1 aromatic heterocycles. The molecule has 4 nitrogen and oxygen atoms in total. The molecular weight excluding hydrogens is 188 g/mol. The summed E-state index contributed by atoms with van der Waals surface area (Å²) < 4.78 is 0. The van der Waals surface area contributed by atoms with Crippen LogP contribution in [0.3, 0.4) is 0 Å². The third-order valence-electron chi connectivity index (χ3n) is 2.05. The molecule has 0 aromatic carbocycles. The molecular formula is C11H20N4. The first-order chi connectivity index (χ1) is 6.93. The lowest BCUT2D eigenvalue weighted by Gasteiger charge is -2.26. The lowest BCUT2D eigenvalue weighted by Crippen LogP contribution is -2.41. The van der Waals surface area contributed by atoms with Crippen LogP contribution in [0, 0.1) is 13.8 Å². The fraction of sp³-hybridized carbons (Fsp3) is 0.636. The maximum absolute atomic E-state index is 4.35. The summed E-state index contributed by atoms with van der Waals surface area (Å²) in [5.74, 6) is 0.702. The zero-order valence-electron chi connectivity index (χ0n) is 10.2. The van der Waals surface area contributed by atoms with Crippen LogP contribution in [-0.4, -0.2) is 29.1 Å². The zero-order chi connectivity index (χ0) is 11.5. The van der Waals surface area contributed by atoms with Crippen molar-refractivity contribution in [2.75, 3.05) is 18.9 Å². The molecule has 0 bridgehead atoms. The molecule has 0 aliphatic carbocycles. The lowest BCUT2D eigenvalue weighted by molar-refractivity contribution is 0.525. The highest BCUT2D eigenvalue weighted by Crippen LogP contribution is 2.11. The van der Waals surface area contributed by atoms with Crippen LogP contribution in [-0.2, 0) is 0 Å². The first kappa shape index (κ1) is 11.9. The van der Waals surface area contributed by atoms with Gasteiger partial charge in [-0.25, -0.2) is 9.97 Å². The van der Waals surface area contributed by atoms with E-state index in [-0.39, 0.29) is 5.54 Å². The normalized spacial score (nSPS) is 11.5. The molecule has 0 radical (unpaired) electrons. The lowest BCUT2D eigenvalue weighted by atomic mass is 10.1. The van der Waals surface area contributed by atoms with Crippen molar-refractivity contribution in [3.8, 4) is 0 Å². The van der Waals surface area contributed by atoms with Gasteiger partial charge < -0.3 is 10.6 Å². The van der Waals surface area contributed by atoms with Gasteiger partial charge in [0.05, 0.1) is 0 Å². The fourth-order valence-electron chi connectivity index (χ4n) is 1.57. The number of aromatic nitrogens is 2. The summed E-state index contributed by atoms with van der Waals surface area (Å²) in [6.45, 7) is 9.05. The van der Waals surface area contributed by atoms with Gasteiger partial charge in [0.25, 0.3) is 0 Å². The van der Waals surface area contributed by atoms with Gasteiger partial charge in [-0.2, -0.15) is 0 Å². The third-order valence-corrected chi connectivity index (χ3v) is 2.05. The maximum atomic E-state index is 4.35. The summed E-state index contributed by atoms with van der Waals surface area (Å²) in [4.78, 5) is 8.70. The van der Waals surface area contributed by atoms with E-state index < -0.39 is 0 Å². The van der Waals surface area contributed by atoms with Crippen molar-refractivity contribution in [1.82, 2.24) is 15.3 Å². The number of hydrogen-bond acceptors (Lipinski definition) is 4. The molecule has 0 amide bonds. The third kappa shape index (κ3) is 3.83. The second-order valence-electron chi connectivity index (χ2n) is 4.51. The summed E-state index contributed by atoms with van der Waals surface area (Å²) in [5.41, 5.74) is 1.94. The molecule has 15 heavy (non-hydrogen) atoms. The predicted octanol–water partition coefficient (Wildman–Crippen LogP) is 1.50. The van der Waals surface area contributed by atoms with Crippen LogP contribution < -0.4 is 10.6 Å². The second-order valence-corrected chi connectivity index (χ2v) is 4.51. The van der Waals surface area contributed by atoms with Crippen molar-refractivity contribution in [2.45, 2.75) is 33.2 Å². The Balaban J connectivity index is 2.80. The summed E-state index contributed by atoms with van der Waals surface area (Å²) in [6, 6.07) is 1.97. The number of hydrogen-bond donors (Lipinski definition) is 2. The predicted molar refractivity (Wildman–Crippen MR) is 63.1 cm³/mol. The number of nitrogens with zero attached hydrogens (tertiary/aromatic N) is 2. The van der Waals surface area contributed by atoms with Gasteiger partial charge in [0.1, 0.15) is 0 Å². The molecule has 0 atom stereocenters. The van der Waals surface area contributed by atoms with Gasteiger partial charge in [-0.1, -0.05) is 0 Å². The van der Waals surface area contributed by atoms with E-state index in [9.17, 15) is 0 Å². The molecule has 0 aliphatic rings. The minimum atomic E-state index is -0.0466. The molecule has 1 rings (SSSR count). The van der Waals surface area contributed by atoms with Crippen LogP contribution in [0.5, 0.6) is 0 Å². The highest BCUT2D eigenvalue weighted by atomic mass is 15.2. The van der Waals surface area contributed by atoms with Crippen LogP contribution in [0.2, 0.25) is 0 Å². The Bertz CT molecular complexity index is 313. The Morgan fingerprint density at radius 2 is 1.73 bits per heavy atom. The zero-order valence-corrected chi connectivity index (χ0v) is 10.2. The average molecular weight is 208 g/mol. The minimum Gasteiger partial charge on any atom is -0.348 e. The van der Waals surface area contributed by atoms with Crippen LogP contribution >= 0.6 is 0 Å². The average Bonchev–Trinajstić information content (AvgIpc) is 1.99. The van der Waals surface area contributed by atoms with Crippen LogP contribution in [0.25, 0.3) is 0 Å². The van der Waals surface area contributed by atoms with Crippen LogP contribution in [0.4, 0.5) is 5.95 Å². The number of aryl methyl sites for hydroxylation is 2. The van der Waals surface area contributed by atoms with E-state index in [1.807, 2.05) is 27.0 Å². The SMILES string of the molecule is CNCC(C)(C)Nc1nc(C)cc(C)n1. The van der Waals surface area contributed by atoms with E-state index >= 15 is 0 Å². The standard InChI is InChI=1S/C11H20N4/c1-8-6-9(2)14-10(13-8)15-11(3,4)7-12-5/h6,12H,7H2,1-5H3,(H,13,14,15). The highest BCUT2D eigenvalue weighted by molar-refractivity contribution is 5.31. The Hall–Kier alpha value is -1.16. The monoisotopic (exact) mass is 208 g/mol. The van der Waals surface area contributed by atoms with E-state index in [0.29, 0.717) is 5.95 Å².